The summed E-state index contributed by atoms with van der Waals surface area (Å²) in [5.41, 5.74) is 1.70. The number of aryl methyl sites for hydroxylation is 2. The molecule has 3 aliphatic carbocycles. The van der Waals surface area contributed by atoms with Gasteiger partial charge >= 0.3 is 0 Å². The van der Waals surface area contributed by atoms with Crippen molar-refractivity contribution in [3.05, 3.63) is 53.7 Å². The summed E-state index contributed by atoms with van der Waals surface area (Å²) < 4.78 is 11.3. The number of aromatic amines is 1. The number of carbonyl (C=O) groups excluding carboxylic acids is 2. The molecular formula is C27H32N4O5. The average Bonchev–Trinajstić information content (AvgIpc) is 3.23. The molecule has 1 heterocycles. The summed E-state index contributed by atoms with van der Waals surface area (Å²) in [5.74, 6) is 0.712. The number of hydrogen-bond acceptors (Lipinski definition) is 6. The highest BCUT2D eigenvalue weighted by molar-refractivity contribution is 5.83. The van der Waals surface area contributed by atoms with Gasteiger partial charge in [0.05, 0.1) is 17.2 Å². The Morgan fingerprint density at radius 1 is 0.972 bits per heavy atom. The van der Waals surface area contributed by atoms with Crippen LogP contribution in [0.2, 0.25) is 0 Å². The van der Waals surface area contributed by atoms with E-state index >= 15 is 0 Å². The second kappa shape index (κ2) is 9.46. The van der Waals surface area contributed by atoms with Crippen molar-refractivity contribution in [1.29, 1.82) is 0 Å². The summed E-state index contributed by atoms with van der Waals surface area (Å²) >= 11 is 0. The van der Waals surface area contributed by atoms with E-state index in [9.17, 15) is 14.7 Å². The molecule has 3 aromatic rings. The van der Waals surface area contributed by atoms with Gasteiger partial charge in [0, 0.05) is 22.7 Å². The lowest BCUT2D eigenvalue weighted by Crippen LogP contribution is -2.70. The van der Waals surface area contributed by atoms with E-state index in [1.54, 1.807) is 6.07 Å². The first-order valence-corrected chi connectivity index (χ1v) is 12.3. The van der Waals surface area contributed by atoms with Gasteiger partial charge in [0.1, 0.15) is 11.5 Å². The number of aliphatic hydroxyl groups is 1. The number of H-pyrrole nitrogens is 1. The van der Waals surface area contributed by atoms with E-state index in [4.69, 9.17) is 9.47 Å². The highest BCUT2D eigenvalue weighted by Crippen LogP contribution is 2.47. The highest BCUT2D eigenvalue weighted by atomic mass is 16.5. The van der Waals surface area contributed by atoms with Crippen LogP contribution in [-0.4, -0.2) is 57.5 Å². The Morgan fingerprint density at radius 2 is 1.61 bits per heavy atom. The molecule has 36 heavy (non-hydrogen) atoms. The Kier molecular flexibility index (Phi) is 6.34. The predicted molar refractivity (Wildman–Crippen MR) is 134 cm³/mol. The molecule has 190 valence electrons. The summed E-state index contributed by atoms with van der Waals surface area (Å²) in [4.78, 5) is 25.3. The number of aromatic nitrogens is 2. The van der Waals surface area contributed by atoms with Crippen molar-refractivity contribution in [1.82, 2.24) is 20.8 Å². The van der Waals surface area contributed by atoms with Crippen molar-refractivity contribution < 1.29 is 24.2 Å². The largest absolute Gasteiger partial charge is 0.484 e. The smallest absolute Gasteiger partial charge is 0.258 e. The molecule has 1 aromatic heterocycles. The zero-order valence-corrected chi connectivity index (χ0v) is 20.6. The minimum absolute atomic E-state index is 0.0796. The van der Waals surface area contributed by atoms with Gasteiger partial charge in [-0.2, -0.15) is 5.10 Å². The van der Waals surface area contributed by atoms with Gasteiger partial charge in [-0.05, 0) is 70.2 Å². The lowest BCUT2D eigenvalue weighted by molar-refractivity contribution is -0.137. The maximum atomic E-state index is 12.7. The van der Waals surface area contributed by atoms with E-state index in [0.29, 0.717) is 43.6 Å². The molecule has 9 heteroatoms. The number of amides is 2. The number of carbonyl (C=O) groups is 2. The Bertz CT molecular complexity index is 1260. The van der Waals surface area contributed by atoms with Gasteiger partial charge in [0.2, 0.25) is 0 Å². The van der Waals surface area contributed by atoms with Crippen LogP contribution in [0.15, 0.2) is 42.5 Å². The van der Waals surface area contributed by atoms with Crippen LogP contribution in [0.4, 0.5) is 0 Å². The molecule has 0 radical (unpaired) electrons. The minimum atomic E-state index is -0.759. The van der Waals surface area contributed by atoms with Crippen molar-refractivity contribution in [2.45, 2.75) is 63.1 Å². The quantitative estimate of drug-likeness (QED) is 0.383. The number of nitrogens with one attached hydrogen (secondary N) is 3. The number of hydrogen-bond donors (Lipinski definition) is 4. The van der Waals surface area contributed by atoms with Crippen molar-refractivity contribution in [2.75, 3.05) is 13.2 Å². The molecule has 0 aliphatic heterocycles. The van der Waals surface area contributed by atoms with Crippen LogP contribution in [-0.2, 0) is 9.59 Å². The monoisotopic (exact) mass is 492 g/mol. The normalized spacial score (nSPS) is 24.9. The summed E-state index contributed by atoms with van der Waals surface area (Å²) in [7, 11) is 0. The second-order valence-electron chi connectivity index (χ2n) is 10.2. The minimum Gasteiger partial charge on any atom is -0.484 e. The molecule has 1 atom stereocenters. The van der Waals surface area contributed by atoms with E-state index in [1.807, 2.05) is 50.2 Å². The van der Waals surface area contributed by atoms with Crippen LogP contribution >= 0.6 is 0 Å². The number of nitrogens with zero attached hydrogens (tertiary/aromatic N) is 1. The maximum Gasteiger partial charge on any atom is 0.258 e. The number of aliphatic hydroxyl groups excluding tert-OH is 1. The Morgan fingerprint density at radius 3 is 2.31 bits per heavy atom. The van der Waals surface area contributed by atoms with Crippen LogP contribution in [0, 0.1) is 13.8 Å². The van der Waals surface area contributed by atoms with Crippen LogP contribution in [0.5, 0.6) is 11.5 Å². The first kappa shape index (κ1) is 24.1. The van der Waals surface area contributed by atoms with Gasteiger partial charge in [0.25, 0.3) is 11.8 Å². The third kappa shape index (κ3) is 4.88. The maximum absolute atomic E-state index is 12.7. The number of ether oxygens (including phenoxy) is 2. The summed E-state index contributed by atoms with van der Waals surface area (Å²) in [6.45, 7) is 3.71. The molecule has 2 aromatic carbocycles. The van der Waals surface area contributed by atoms with Crippen LogP contribution in [0.1, 0.15) is 43.4 Å². The van der Waals surface area contributed by atoms with Crippen LogP contribution in [0.3, 0.4) is 0 Å². The van der Waals surface area contributed by atoms with Crippen molar-refractivity contribution >= 4 is 22.7 Å². The van der Waals surface area contributed by atoms with Gasteiger partial charge in [0.15, 0.2) is 13.2 Å². The van der Waals surface area contributed by atoms with Crippen molar-refractivity contribution in [2.24, 2.45) is 0 Å². The second-order valence-corrected chi connectivity index (χ2v) is 10.2. The molecule has 6 rings (SSSR count). The van der Waals surface area contributed by atoms with Gasteiger partial charge in [-0.15, -0.1) is 0 Å². The summed E-state index contributed by atoms with van der Waals surface area (Å²) in [6, 6.07) is 13.0. The summed E-state index contributed by atoms with van der Waals surface area (Å²) in [5, 5.41) is 25.3. The molecule has 3 saturated carbocycles. The lowest BCUT2D eigenvalue weighted by Gasteiger charge is -2.56. The van der Waals surface area contributed by atoms with E-state index < -0.39 is 17.2 Å². The predicted octanol–water partition coefficient (Wildman–Crippen LogP) is 2.69. The molecule has 0 saturated heterocycles. The molecule has 3 fully saturated rings. The third-order valence-electron chi connectivity index (χ3n) is 7.59. The van der Waals surface area contributed by atoms with E-state index in [2.05, 4.69) is 20.8 Å². The standard InChI is InChI=1S/C27H32N4O5/c1-17-3-5-19(6-4-17)35-15-24(33)28-26-9-11-27(12-10-26,23(32)14-26)29-25(34)16-36-20-7-8-21-18(2)30-31-22(21)13-20/h3-8,13,23,32H,9-12,14-16H2,1-2H3,(H,28,33)(H,29,34)(H,30,31). The van der Waals surface area contributed by atoms with Gasteiger partial charge < -0.3 is 25.2 Å². The van der Waals surface area contributed by atoms with Crippen LogP contribution < -0.4 is 20.1 Å². The Labute approximate surface area is 209 Å². The molecule has 2 amide bonds. The molecular weight excluding hydrogens is 460 g/mol. The number of fused-ring (bicyclic) bond motifs is 4. The Balaban J connectivity index is 1.12. The summed E-state index contributed by atoms with van der Waals surface area (Å²) in [6.07, 6.45) is 2.15. The first-order chi connectivity index (χ1) is 17.3. The SMILES string of the molecule is Cc1ccc(OCC(=O)NC23CCC(NC(=O)COc4ccc5c(C)[nH]nc5c4)(CC2)C(O)C3)cc1. The van der Waals surface area contributed by atoms with Gasteiger partial charge in [-0.25, -0.2) is 0 Å². The molecule has 2 bridgehead atoms. The van der Waals surface area contributed by atoms with Crippen molar-refractivity contribution in [3.63, 3.8) is 0 Å². The zero-order valence-electron chi connectivity index (χ0n) is 20.6. The van der Waals surface area contributed by atoms with Gasteiger partial charge in [-0.1, -0.05) is 17.7 Å². The topological polar surface area (TPSA) is 126 Å². The van der Waals surface area contributed by atoms with E-state index in [1.165, 1.54) is 0 Å². The fourth-order valence-electron chi connectivity index (χ4n) is 5.45. The first-order valence-electron chi connectivity index (χ1n) is 12.3. The number of rotatable bonds is 8. The fourth-order valence-corrected chi connectivity index (χ4v) is 5.45. The van der Waals surface area contributed by atoms with Gasteiger partial charge in [-0.3, -0.25) is 14.7 Å². The fraction of sp³-hybridized carbons (Fsp3) is 0.444. The third-order valence-corrected chi connectivity index (χ3v) is 7.59. The highest BCUT2D eigenvalue weighted by Gasteiger charge is 2.55. The average molecular weight is 493 g/mol. The molecule has 1 unspecified atom stereocenters. The molecule has 3 aliphatic rings. The van der Waals surface area contributed by atoms with Crippen molar-refractivity contribution in [3.8, 4) is 11.5 Å². The van der Waals surface area contributed by atoms with E-state index in [-0.39, 0.29) is 25.0 Å². The molecule has 9 nitrogen and oxygen atoms in total. The van der Waals surface area contributed by atoms with E-state index in [0.717, 1.165) is 22.2 Å². The lowest BCUT2D eigenvalue weighted by atomic mass is 9.60. The number of benzene rings is 2. The van der Waals surface area contributed by atoms with Crippen LogP contribution in [0.25, 0.3) is 10.9 Å². The molecule has 4 N–H and O–H groups in total. The Hall–Kier alpha value is -3.59. The molecule has 0 spiro atoms. The zero-order chi connectivity index (χ0) is 25.3.